The Morgan fingerprint density at radius 1 is 1.19 bits per heavy atom. The molecule has 0 unspecified atom stereocenters. The third-order valence-electron chi connectivity index (χ3n) is 5.74. The van der Waals surface area contributed by atoms with Crippen molar-refractivity contribution < 1.29 is 17.9 Å². The van der Waals surface area contributed by atoms with Gasteiger partial charge >= 0.3 is 6.18 Å². The summed E-state index contributed by atoms with van der Waals surface area (Å²) in [6.07, 6.45) is -2.82. The lowest BCUT2D eigenvalue weighted by molar-refractivity contribution is -0.182. The molecule has 2 fully saturated rings. The van der Waals surface area contributed by atoms with Crippen molar-refractivity contribution >= 4 is 5.65 Å². The fraction of sp³-hybridized carbons (Fsp3) is 0.684. The Balaban J connectivity index is 1.58. The largest absolute Gasteiger partial charge is 0.391 e. The fourth-order valence-electron chi connectivity index (χ4n) is 4.17. The molecule has 148 valence electrons. The number of morpholine rings is 1. The summed E-state index contributed by atoms with van der Waals surface area (Å²) in [4.78, 5) is 4.56. The van der Waals surface area contributed by atoms with E-state index >= 15 is 0 Å². The summed E-state index contributed by atoms with van der Waals surface area (Å²) in [5, 5.41) is 8.13. The van der Waals surface area contributed by atoms with Gasteiger partial charge in [-0.15, -0.1) is 0 Å². The van der Waals surface area contributed by atoms with Gasteiger partial charge in [-0.2, -0.15) is 18.3 Å². The van der Waals surface area contributed by atoms with Gasteiger partial charge in [0.25, 0.3) is 0 Å². The summed E-state index contributed by atoms with van der Waals surface area (Å²) < 4.78 is 46.5. The average Bonchev–Trinajstić information content (AvgIpc) is 3.05. The van der Waals surface area contributed by atoms with Crippen LogP contribution in [0.2, 0.25) is 0 Å². The number of nitrogens with zero attached hydrogens (tertiary/aromatic N) is 3. The number of rotatable bonds is 2. The first-order valence-electron chi connectivity index (χ1n) is 9.60. The van der Waals surface area contributed by atoms with Crippen LogP contribution >= 0.6 is 0 Å². The molecule has 2 atom stereocenters. The van der Waals surface area contributed by atoms with E-state index in [0.717, 1.165) is 22.7 Å². The lowest BCUT2D eigenvalue weighted by atomic mass is 9.80. The van der Waals surface area contributed by atoms with E-state index in [0.29, 0.717) is 32.0 Å². The van der Waals surface area contributed by atoms with Crippen molar-refractivity contribution in [3.05, 3.63) is 29.2 Å². The van der Waals surface area contributed by atoms with Crippen LogP contribution in [0, 0.1) is 12.8 Å². The number of nitrogens with one attached hydrogen (secondary N) is 1. The lowest BCUT2D eigenvalue weighted by Crippen LogP contribution is -2.41. The minimum absolute atomic E-state index is 0.0591. The zero-order chi connectivity index (χ0) is 19.2. The molecule has 2 aromatic rings. The average molecular weight is 382 g/mol. The van der Waals surface area contributed by atoms with Crippen molar-refractivity contribution in [2.45, 2.75) is 63.8 Å². The first-order chi connectivity index (χ1) is 12.8. The number of aromatic nitrogens is 3. The van der Waals surface area contributed by atoms with Crippen molar-refractivity contribution in [3.63, 3.8) is 0 Å². The molecule has 2 aliphatic rings. The second kappa shape index (κ2) is 7.05. The van der Waals surface area contributed by atoms with Crippen molar-refractivity contribution in [3.8, 4) is 0 Å². The van der Waals surface area contributed by atoms with Gasteiger partial charge in [-0.25, -0.2) is 9.50 Å². The molecule has 1 aliphatic heterocycles. The van der Waals surface area contributed by atoms with Crippen LogP contribution in [-0.2, 0) is 4.74 Å². The minimum Gasteiger partial charge on any atom is -0.369 e. The molecule has 2 aromatic heterocycles. The summed E-state index contributed by atoms with van der Waals surface area (Å²) >= 11 is 0. The molecule has 27 heavy (non-hydrogen) atoms. The van der Waals surface area contributed by atoms with Crippen molar-refractivity contribution in [1.82, 2.24) is 19.9 Å². The summed E-state index contributed by atoms with van der Waals surface area (Å²) in [7, 11) is 0. The van der Waals surface area contributed by atoms with E-state index < -0.39 is 12.1 Å². The second-order valence-corrected chi connectivity index (χ2v) is 7.88. The van der Waals surface area contributed by atoms with Gasteiger partial charge in [0.1, 0.15) is 6.10 Å². The highest BCUT2D eigenvalue weighted by atomic mass is 19.4. The van der Waals surface area contributed by atoms with Crippen molar-refractivity contribution in [1.29, 1.82) is 0 Å². The van der Waals surface area contributed by atoms with E-state index in [1.807, 2.05) is 19.1 Å². The zero-order valence-electron chi connectivity index (χ0n) is 15.6. The van der Waals surface area contributed by atoms with Gasteiger partial charge in [0, 0.05) is 30.3 Å². The quantitative estimate of drug-likeness (QED) is 0.855. The molecule has 4 rings (SSSR count). The second-order valence-electron chi connectivity index (χ2n) is 7.88. The maximum atomic E-state index is 12.9. The predicted molar refractivity (Wildman–Crippen MR) is 94.6 cm³/mol. The first-order valence-corrected chi connectivity index (χ1v) is 9.60. The van der Waals surface area contributed by atoms with E-state index in [-0.39, 0.29) is 24.9 Å². The summed E-state index contributed by atoms with van der Waals surface area (Å²) in [5.74, 6) is -1.12. The summed E-state index contributed by atoms with van der Waals surface area (Å²) in [6, 6.07) is 4.22. The Bertz CT molecular complexity index is 803. The topological polar surface area (TPSA) is 51.5 Å². The van der Waals surface area contributed by atoms with Crippen LogP contribution in [0.5, 0.6) is 0 Å². The highest BCUT2D eigenvalue weighted by molar-refractivity contribution is 5.43. The molecule has 1 N–H and O–H groups in total. The number of fused-ring (bicyclic) bond motifs is 1. The summed E-state index contributed by atoms with van der Waals surface area (Å²) in [6.45, 7) is 5.34. The van der Waals surface area contributed by atoms with Crippen LogP contribution in [0.15, 0.2) is 12.1 Å². The summed E-state index contributed by atoms with van der Waals surface area (Å²) in [5.41, 5.74) is 3.39. The third kappa shape index (κ3) is 3.82. The van der Waals surface area contributed by atoms with E-state index in [4.69, 9.17) is 9.84 Å². The van der Waals surface area contributed by atoms with Gasteiger partial charge in [-0.05, 0) is 45.6 Å². The zero-order valence-corrected chi connectivity index (χ0v) is 15.6. The minimum atomic E-state index is -4.09. The Morgan fingerprint density at radius 3 is 2.56 bits per heavy atom. The van der Waals surface area contributed by atoms with Crippen LogP contribution in [0.3, 0.4) is 0 Å². The van der Waals surface area contributed by atoms with Gasteiger partial charge in [-0.3, -0.25) is 0 Å². The highest BCUT2D eigenvalue weighted by Crippen LogP contribution is 2.42. The molecule has 3 heterocycles. The normalized spacial score (nSPS) is 30.0. The van der Waals surface area contributed by atoms with Crippen LogP contribution in [-0.4, -0.2) is 40.0 Å². The number of aryl methyl sites for hydroxylation is 1. The number of ether oxygens (including phenoxy) is 1. The molecule has 5 nitrogen and oxygen atoms in total. The maximum Gasteiger partial charge on any atom is 0.391 e. The number of hydrogen-bond donors (Lipinski definition) is 1. The third-order valence-corrected chi connectivity index (χ3v) is 5.74. The molecule has 0 amide bonds. The van der Waals surface area contributed by atoms with E-state index in [1.54, 1.807) is 4.52 Å². The van der Waals surface area contributed by atoms with Crippen LogP contribution in [0.25, 0.3) is 5.65 Å². The molecule has 0 bridgehead atoms. The molecule has 0 aromatic carbocycles. The van der Waals surface area contributed by atoms with Crippen molar-refractivity contribution in [2.24, 2.45) is 5.92 Å². The SMILES string of the molecule is Cc1cc([C@H]2CN[C@H](C)CO2)n2nc(C3CCC(C(F)(F)F)CC3)cc2n1. The van der Waals surface area contributed by atoms with Crippen molar-refractivity contribution in [2.75, 3.05) is 13.2 Å². The standard InChI is InChI=1S/C19H25F3N4O/c1-11-7-16(17-9-23-12(2)10-27-17)26-18(24-11)8-15(25-26)13-3-5-14(6-4-13)19(20,21)22/h7-8,12-14,17,23H,3-6,9-10H2,1-2H3/t12-,13?,14?,17-/m1/s1. The molecule has 1 aliphatic carbocycles. The molecule has 0 radical (unpaired) electrons. The Hall–Kier alpha value is -1.67. The first kappa shape index (κ1) is 18.7. The molecular weight excluding hydrogens is 357 g/mol. The van der Waals surface area contributed by atoms with Crippen LogP contribution < -0.4 is 5.32 Å². The fourth-order valence-corrected chi connectivity index (χ4v) is 4.17. The number of halogens is 3. The molecular formula is C19H25F3N4O. The van der Waals surface area contributed by atoms with E-state index in [9.17, 15) is 13.2 Å². The van der Waals surface area contributed by atoms with Gasteiger partial charge in [-0.1, -0.05) is 0 Å². The number of alkyl halides is 3. The monoisotopic (exact) mass is 382 g/mol. The molecule has 1 saturated heterocycles. The number of hydrogen-bond acceptors (Lipinski definition) is 4. The van der Waals surface area contributed by atoms with Gasteiger partial charge in [0.2, 0.25) is 0 Å². The predicted octanol–water partition coefficient (Wildman–Crippen LogP) is 3.92. The Morgan fingerprint density at radius 2 is 1.93 bits per heavy atom. The van der Waals surface area contributed by atoms with Gasteiger partial charge < -0.3 is 10.1 Å². The van der Waals surface area contributed by atoms with Crippen LogP contribution in [0.4, 0.5) is 13.2 Å². The molecule has 0 spiro atoms. The van der Waals surface area contributed by atoms with Gasteiger partial charge in [0.05, 0.1) is 23.9 Å². The lowest BCUT2D eigenvalue weighted by Gasteiger charge is -2.29. The Labute approximate surface area is 156 Å². The molecule has 8 heteroatoms. The molecule has 1 saturated carbocycles. The smallest absolute Gasteiger partial charge is 0.369 e. The van der Waals surface area contributed by atoms with E-state index in [2.05, 4.69) is 17.2 Å². The van der Waals surface area contributed by atoms with Crippen LogP contribution in [0.1, 0.15) is 61.7 Å². The van der Waals surface area contributed by atoms with E-state index in [1.165, 1.54) is 0 Å². The highest BCUT2D eigenvalue weighted by Gasteiger charge is 2.42. The van der Waals surface area contributed by atoms with Gasteiger partial charge in [0.15, 0.2) is 5.65 Å². The Kier molecular flexibility index (Phi) is 4.88. The maximum absolute atomic E-state index is 12.9.